The molecule has 0 aliphatic rings. The molecule has 0 amide bonds. The summed E-state index contributed by atoms with van der Waals surface area (Å²) in [6.45, 7) is 4.85. The Morgan fingerprint density at radius 2 is 1.89 bits per heavy atom. The molecule has 0 saturated carbocycles. The molecule has 2 aromatic rings. The van der Waals surface area contributed by atoms with Crippen LogP contribution < -0.4 is 5.32 Å². The van der Waals surface area contributed by atoms with Gasteiger partial charge in [0.2, 0.25) is 0 Å². The fourth-order valence-electron chi connectivity index (χ4n) is 1.63. The van der Waals surface area contributed by atoms with E-state index in [1.54, 1.807) is 6.07 Å². The highest BCUT2D eigenvalue weighted by molar-refractivity contribution is 6.34. The van der Waals surface area contributed by atoms with Gasteiger partial charge in [0.1, 0.15) is 0 Å². The summed E-state index contributed by atoms with van der Waals surface area (Å²) >= 11 is 11.9. The van der Waals surface area contributed by atoms with Crippen molar-refractivity contribution in [2.45, 2.75) is 26.4 Å². The fourth-order valence-corrected chi connectivity index (χ4v) is 2.20. The molecule has 3 nitrogen and oxygen atoms in total. The maximum atomic E-state index is 5.95. The molecule has 96 valence electrons. The summed E-state index contributed by atoms with van der Waals surface area (Å²) in [7, 11) is 0. The normalized spacial score (nSPS) is 10.9. The molecule has 0 saturated heterocycles. The Bertz CT molecular complexity index is 515. The Hall–Kier alpha value is -1.19. The summed E-state index contributed by atoms with van der Waals surface area (Å²) in [5.74, 6) is 0. The molecule has 5 heteroatoms. The zero-order valence-corrected chi connectivity index (χ0v) is 11.8. The van der Waals surface area contributed by atoms with Gasteiger partial charge in [0, 0.05) is 28.8 Å². The number of anilines is 1. The quantitative estimate of drug-likeness (QED) is 0.902. The molecule has 0 atom stereocenters. The first-order valence-corrected chi connectivity index (χ1v) is 6.53. The minimum absolute atomic E-state index is 0.362. The van der Waals surface area contributed by atoms with Crippen LogP contribution in [0.25, 0.3) is 0 Å². The smallest absolute Gasteiger partial charge is 0.0729 e. The fraction of sp³-hybridized carbons (Fsp3) is 0.308. The summed E-state index contributed by atoms with van der Waals surface area (Å²) in [6, 6.07) is 5.88. The zero-order valence-electron chi connectivity index (χ0n) is 10.3. The Labute approximate surface area is 117 Å². The number of rotatable bonds is 4. The van der Waals surface area contributed by atoms with Gasteiger partial charge >= 0.3 is 0 Å². The van der Waals surface area contributed by atoms with Gasteiger partial charge in [0.05, 0.1) is 11.9 Å². The van der Waals surface area contributed by atoms with Crippen molar-refractivity contribution in [3.05, 3.63) is 46.2 Å². The van der Waals surface area contributed by atoms with Gasteiger partial charge in [0.25, 0.3) is 0 Å². The lowest BCUT2D eigenvalue weighted by atomic mass is 10.2. The van der Waals surface area contributed by atoms with E-state index < -0.39 is 0 Å². The second kappa shape index (κ2) is 5.63. The Morgan fingerprint density at radius 3 is 2.44 bits per heavy atom. The molecule has 1 N–H and O–H groups in total. The van der Waals surface area contributed by atoms with Crippen molar-refractivity contribution in [3.63, 3.8) is 0 Å². The van der Waals surface area contributed by atoms with Crippen LogP contribution in [0.5, 0.6) is 0 Å². The highest BCUT2D eigenvalue weighted by Gasteiger charge is 2.02. The lowest BCUT2D eigenvalue weighted by Crippen LogP contribution is -2.01. The van der Waals surface area contributed by atoms with Gasteiger partial charge in [-0.15, -0.1) is 0 Å². The van der Waals surface area contributed by atoms with Crippen LogP contribution in [0.4, 0.5) is 5.69 Å². The van der Waals surface area contributed by atoms with Crippen molar-refractivity contribution in [1.29, 1.82) is 0 Å². The summed E-state index contributed by atoms with van der Waals surface area (Å²) in [5.41, 5.74) is 2.03. The van der Waals surface area contributed by atoms with Crippen LogP contribution in [0, 0.1) is 0 Å². The molecule has 1 heterocycles. The van der Waals surface area contributed by atoms with Crippen LogP contribution in [-0.2, 0) is 6.54 Å². The van der Waals surface area contributed by atoms with Gasteiger partial charge in [-0.1, -0.05) is 23.2 Å². The van der Waals surface area contributed by atoms with Crippen LogP contribution >= 0.6 is 23.2 Å². The summed E-state index contributed by atoms with van der Waals surface area (Å²) < 4.78 is 1.91. The van der Waals surface area contributed by atoms with E-state index in [0.717, 1.165) is 11.3 Å². The Morgan fingerprint density at radius 1 is 1.22 bits per heavy atom. The van der Waals surface area contributed by atoms with E-state index in [-0.39, 0.29) is 0 Å². The molecule has 0 aliphatic heterocycles. The molecule has 18 heavy (non-hydrogen) atoms. The highest BCUT2D eigenvalue weighted by Crippen LogP contribution is 2.20. The molecule has 1 aromatic carbocycles. The number of nitrogens with zero attached hydrogens (tertiary/aromatic N) is 2. The van der Waals surface area contributed by atoms with E-state index in [4.69, 9.17) is 23.2 Å². The number of halogens is 2. The molecule has 0 radical (unpaired) electrons. The third-order valence-corrected chi connectivity index (χ3v) is 2.99. The molecular formula is C13H15Cl2N3. The molecule has 2 rings (SSSR count). The van der Waals surface area contributed by atoms with Crippen molar-refractivity contribution in [2.24, 2.45) is 0 Å². The minimum Gasteiger partial charge on any atom is -0.378 e. The van der Waals surface area contributed by atoms with Crippen LogP contribution in [0.2, 0.25) is 10.0 Å². The van der Waals surface area contributed by atoms with Gasteiger partial charge in [-0.25, -0.2) is 0 Å². The third kappa shape index (κ3) is 3.40. The van der Waals surface area contributed by atoms with E-state index in [2.05, 4.69) is 24.3 Å². The van der Waals surface area contributed by atoms with E-state index in [9.17, 15) is 0 Å². The second-order valence-corrected chi connectivity index (χ2v) is 5.31. The first-order valence-electron chi connectivity index (χ1n) is 5.77. The predicted molar refractivity (Wildman–Crippen MR) is 76.4 cm³/mol. The van der Waals surface area contributed by atoms with Crippen molar-refractivity contribution in [2.75, 3.05) is 5.32 Å². The van der Waals surface area contributed by atoms with Crippen LogP contribution in [0.15, 0.2) is 30.6 Å². The molecule has 0 spiro atoms. The number of aromatic nitrogens is 2. The van der Waals surface area contributed by atoms with Gasteiger partial charge in [0.15, 0.2) is 0 Å². The largest absolute Gasteiger partial charge is 0.378 e. The van der Waals surface area contributed by atoms with E-state index in [0.29, 0.717) is 22.6 Å². The van der Waals surface area contributed by atoms with Gasteiger partial charge < -0.3 is 5.32 Å². The lowest BCUT2D eigenvalue weighted by molar-refractivity contribution is 0.532. The standard InChI is InChI=1S/C13H15Cl2N3/c1-9(2)18-8-13(7-17-18)16-6-10-3-11(14)5-12(15)4-10/h3-5,7-9,16H,6H2,1-2H3. The first-order chi connectivity index (χ1) is 8.54. The van der Waals surface area contributed by atoms with Crippen molar-refractivity contribution >= 4 is 28.9 Å². The maximum Gasteiger partial charge on any atom is 0.0729 e. The molecule has 0 bridgehead atoms. The minimum atomic E-state index is 0.362. The monoisotopic (exact) mass is 283 g/mol. The van der Waals surface area contributed by atoms with E-state index in [1.807, 2.05) is 29.2 Å². The highest BCUT2D eigenvalue weighted by atomic mass is 35.5. The van der Waals surface area contributed by atoms with Crippen LogP contribution in [-0.4, -0.2) is 9.78 Å². The van der Waals surface area contributed by atoms with Gasteiger partial charge in [-0.2, -0.15) is 5.10 Å². The van der Waals surface area contributed by atoms with Gasteiger partial charge in [-0.05, 0) is 37.6 Å². The Kier molecular flexibility index (Phi) is 4.15. The molecular weight excluding hydrogens is 269 g/mol. The topological polar surface area (TPSA) is 29.9 Å². The third-order valence-electron chi connectivity index (χ3n) is 2.55. The molecule has 0 unspecified atom stereocenters. The number of nitrogens with one attached hydrogen (secondary N) is 1. The molecule has 1 aromatic heterocycles. The average molecular weight is 284 g/mol. The SMILES string of the molecule is CC(C)n1cc(NCc2cc(Cl)cc(Cl)c2)cn1. The summed E-state index contributed by atoms with van der Waals surface area (Å²) in [5, 5.41) is 8.86. The van der Waals surface area contributed by atoms with Gasteiger partial charge in [-0.3, -0.25) is 4.68 Å². The summed E-state index contributed by atoms with van der Waals surface area (Å²) in [4.78, 5) is 0. The first kappa shape index (κ1) is 13.2. The zero-order chi connectivity index (χ0) is 13.1. The van der Waals surface area contributed by atoms with Crippen molar-refractivity contribution < 1.29 is 0 Å². The molecule has 0 fully saturated rings. The van der Waals surface area contributed by atoms with E-state index in [1.165, 1.54) is 0 Å². The van der Waals surface area contributed by atoms with Crippen molar-refractivity contribution in [1.82, 2.24) is 9.78 Å². The number of hydrogen-bond donors (Lipinski definition) is 1. The number of hydrogen-bond acceptors (Lipinski definition) is 2. The van der Waals surface area contributed by atoms with E-state index >= 15 is 0 Å². The Balaban J connectivity index is 2.02. The average Bonchev–Trinajstić information content (AvgIpc) is 2.73. The predicted octanol–water partition coefficient (Wildman–Crippen LogP) is 4.38. The van der Waals surface area contributed by atoms with Crippen LogP contribution in [0.3, 0.4) is 0 Å². The van der Waals surface area contributed by atoms with Crippen LogP contribution in [0.1, 0.15) is 25.5 Å². The molecule has 0 aliphatic carbocycles. The summed E-state index contributed by atoms with van der Waals surface area (Å²) in [6.07, 6.45) is 3.79. The second-order valence-electron chi connectivity index (χ2n) is 4.43. The number of benzene rings is 1. The van der Waals surface area contributed by atoms with Crippen molar-refractivity contribution in [3.8, 4) is 0 Å². The lowest BCUT2D eigenvalue weighted by Gasteiger charge is -2.06. The maximum absolute atomic E-state index is 5.95.